The maximum absolute atomic E-state index is 5.23. The van der Waals surface area contributed by atoms with E-state index in [4.69, 9.17) is 19.9 Å². The Balaban J connectivity index is 1.08. The summed E-state index contributed by atoms with van der Waals surface area (Å²) in [5.41, 5.74) is 10.8. The van der Waals surface area contributed by atoms with Crippen LogP contribution in [-0.2, 0) is 13.1 Å². The van der Waals surface area contributed by atoms with Crippen molar-refractivity contribution < 1.29 is 0 Å². The average Bonchev–Trinajstić information content (AvgIpc) is 3.93. The average molecular weight is 752 g/mol. The molecule has 58 heavy (non-hydrogen) atoms. The first-order valence-corrected chi connectivity index (χ1v) is 20.3. The summed E-state index contributed by atoms with van der Waals surface area (Å²) in [7, 11) is 0. The van der Waals surface area contributed by atoms with Crippen LogP contribution in [0.25, 0.3) is 100 Å². The Kier molecular flexibility index (Phi) is 7.96. The van der Waals surface area contributed by atoms with Crippen molar-refractivity contribution in [3.8, 4) is 45.6 Å². The molecule has 0 bridgehead atoms. The van der Waals surface area contributed by atoms with Crippen molar-refractivity contribution in [2.75, 3.05) is 0 Å². The summed E-state index contributed by atoms with van der Waals surface area (Å²) in [4.78, 5) is 20.8. The summed E-state index contributed by atoms with van der Waals surface area (Å²) in [5, 5.41) is 4.84. The highest BCUT2D eigenvalue weighted by molar-refractivity contribution is 6.10. The molecule has 1 aliphatic rings. The predicted octanol–water partition coefficient (Wildman–Crippen LogP) is 12.4. The minimum Gasteiger partial charge on any atom is -0.341 e. The molecule has 11 rings (SSSR count). The van der Waals surface area contributed by atoms with E-state index in [0.29, 0.717) is 23.4 Å². The summed E-state index contributed by atoms with van der Waals surface area (Å²) in [5.74, 6) is 3.19. The summed E-state index contributed by atoms with van der Waals surface area (Å²) in [6.45, 7) is 8.44. The van der Waals surface area contributed by atoms with Crippen LogP contribution in [0, 0.1) is 5.92 Å². The molecule has 0 radical (unpaired) electrons. The molecule has 0 aliphatic heterocycles. The lowest BCUT2D eigenvalue weighted by molar-refractivity contribution is 0.500. The molecule has 280 valence electrons. The number of hydrogen-bond donors (Lipinski definition) is 0. The Morgan fingerprint density at radius 3 is 1.48 bits per heavy atom. The lowest BCUT2D eigenvalue weighted by atomic mass is 9.96. The van der Waals surface area contributed by atoms with Crippen molar-refractivity contribution in [3.63, 3.8) is 0 Å². The lowest BCUT2D eigenvalue weighted by Gasteiger charge is -2.25. The van der Waals surface area contributed by atoms with Crippen molar-refractivity contribution in [2.45, 2.75) is 39.9 Å². The number of fused-ring (bicyclic) bond motifs is 7. The molecule has 7 heteroatoms. The monoisotopic (exact) mass is 751 g/mol. The quantitative estimate of drug-likeness (QED) is 0.163. The van der Waals surface area contributed by atoms with Crippen molar-refractivity contribution in [1.82, 2.24) is 33.6 Å². The van der Waals surface area contributed by atoms with Gasteiger partial charge in [-0.05, 0) is 80.4 Å². The second-order valence-corrected chi connectivity index (χ2v) is 15.3. The second kappa shape index (κ2) is 13.5. The molecule has 0 fully saturated rings. The van der Waals surface area contributed by atoms with Gasteiger partial charge in [-0.1, -0.05) is 104 Å². The normalized spacial score (nSPS) is 15.5. The Hall–Kier alpha value is -7.12. The van der Waals surface area contributed by atoms with E-state index in [9.17, 15) is 0 Å². The van der Waals surface area contributed by atoms with E-state index in [-0.39, 0.29) is 6.04 Å². The summed E-state index contributed by atoms with van der Waals surface area (Å²) < 4.78 is 7.13. The van der Waals surface area contributed by atoms with Gasteiger partial charge in [-0.15, -0.1) is 0 Å². The summed E-state index contributed by atoms with van der Waals surface area (Å²) in [6, 6.07) is 47.6. The highest BCUT2D eigenvalue weighted by Gasteiger charge is 2.24. The molecule has 2 unspecified atom stereocenters. The third kappa shape index (κ3) is 5.34. The van der Waals surface area contributed by atoms with Gasteiger partial charge in [0, 0.05) is 79.0 Å². The van der Waals surface area contributed by atoms with E-state index in [0.717, 1.165) is 52.2 Å². The third-order valence-corrected chi connectivity index (χ3v) is 12.0. The zero-order valence-electron chi connectivity index (χ0n) is 32.7. The fourth-order valence-corrected chi connectivity index (χ4v) is 9.18. The van der Waals surface area contributed by atoms with E-state index >= 15 is 0 Å². The molecule has 6 aromatic carbocycles. The Morgan fingerprint density at radius 2 is 0.914 bits per heavy atom. The van der Waals surface area contributed by atoms with Crippen molar-refractivity contribution >= 4 is 54.6 Å². The number of hydrogen-bond acceptors (Lipinski definition) is 4. The number of aromatic nitrogens is 7. The van der Waals surface area contributed by atoms with Crippen LogP contribution in [-0.4, -0.2) is 33.6 Å². The molecule has 1 aliphatic carbocycles. The van der Waals surface area contributed by atoms with E-state index in [1.54, 1.807) is 0 Å². The maximum Gasteiger partial charge on any atom is 0.164 e. The molecule has 0 saturated heterocycles. The van der Waals surface area contributed by atoms with Crippen LogP contribution in [0.5, 0.6) is 0 Å². The molecule has 0 saturated carbocycles. The van der Waals surface area contributed by atoms with Gasteiger partial charge in [0.2, 0.25) is 0 Å². The Bertz CT molecular complexity index is 3140. The summed E-state index contributed by atoms with van der Waals surface area (Å²) in [6.07, 6.45) is 8.82. The van der Waals surface area contributed by atoms with Gasteiger partial charge < -0.3 is 13.7 Å². The van der Waals surface area contributed by atoms with Crippen LogP contribution in [0.15, 0.2) is 158 Å². The van der Waals surface area contributed by atoms with Gasteiger partial charge in [0.15, 0.2) is 17.5 Å². The first-order valence-electron chi connectivity index (χ1n) is 20.3. The molecule has 0 spiro atoms. The van der Waals surface area contributed by atoms with Gasteiger partial charge in [0.05, 0.1) is 17.1 Å². The van der Waals surface area contributed by atoms with E-state index in [2.05, 4.69) is 192 Å². The number of benzene rings is 6. The predicted molar refractivity (Wildman–Crippen MR) is 239 cm³/mol. The minimum atomic E-state index is 0.160. The van der Waals surface area contributed by atoms with Crippen LogP contribution in [0.1, 0.15) is 26.8 Å². The standard InChI is InChI=1S/C51H41N7/c1-4-56-43-19-11-7-15-37(43)39-30-35(26-28-45(39)56)49-53-48(54-50(55-49)36-27-29-46-40(31-36)38-16-8-12-20-44(38)57(46)5-2)33-22-24-34(25-23-33)51-52-41-17-9-13-21-47(41)58(51)42-18-10-6-14-32(42)3/h6-32,42H,4-5H2,1-3H3. The van der Waals surface area contributed by atoms with Crippen LogP contribution in [0.2, 0.25) is 0 Å². The van der Waals surface area contributed by atoms with Gasteiger partial charge in [-0.3, -0.25) is 0 Å². The molecular weight excluding hydrogens is 711 g/mol. The largest absolute Gasteiger partial charge is 0.341 e. The van der Waals surface area contributed by atoms with Crippen LogP contribution in [0.3, 0.4) is 0 Å². The van der Waals surface area contributed by atoms with E-state index in [1.165, 1.54) is 43.6 Å². The van der Waals surface area contributed by atoms with Gasteiger partial charge in [-0.2, -0.15) is 0 Å². The molecule has 2 atom stereocenters. The molecule has 10 aromatic rings. The van der Waals surface area contributed by atoms with Crippen LogP contribution in [0.4, 0.5) is 0 Å². The smallest absolute Gasteiger partial charge is 0.164 e. The Labute approximate surface area is 336 Å². The van der Waals surface area contributed by atoms with Gasteiger partial charge in [-0.25, -0.2) is 19.9 Å². The van der Waals surface area contributed by atoms with Crippen molar-refractivity contribution in [2.24, 2.45) is 5.92 Å². The van der Waals surface area contributed by atoms with Crippen molar-refractivity contribution in [3.05, 3.63) is 158 Å². The van der Waals surface area contributed by atoms with Crippen LogP contribution >= 0.6 is 0 Å². The fraction of sp³-hybridized carbons (Fsp3) is 0.137. The number of nitrogens with zero attached hydrogens (tertiary/aromatic N) is 7. The fourth-order valence-electron chi connectivity index (χ4n) is 9.18. The number of para-hydroxylation sites is 4. The first-order chi connectivity index (χ1) is 28.6. The molecular formula is C51H41N7. The molecule has 0 N–H and O–H groups in total. The molecule has 4 heterocycles. The SMILES string of the molecule is CCn1c2ccccc2c2cc(-c3nc(-c4ccc(-c5nc6ccccc6n5C5C=CC=CC5C)cc4)nc(-c4ccc5c(c4)c4ccccc4n5CC)n3)ccc21. The topological polar surface area (TPSA) is 66.3 Å². The minimum absolute atomic E-state index is 0.160. The van der Waals surface area contributed by atoms with Gasteiger partial charge in [0.25, 0.3) is 0 Å². The van der Waals surface area contributed by atoms with E-state index in [1.807, 2.05) is 0 Å². The number of allylic oxidation sites excluding steroid dienone is 4. The van der Waals surface area contributed by atoms with E-state index < -0.39 is 0 Å². The highest BCUT2D eigenvalue weighted by atomic mass is 15.1. The highest BCUT2D eigenvalue weighted by Crippen LogP contribution is 2.37. The lowest BCUT2D eigenvalue weighted by Crippen LogP contribution is -2.16. The molecule has 4 aromatic heterocycles. The molecule has 7 nitrogen and oxygen atoms in total. The summed E-state index contributed by atoms with van der Waals surface area (Å²) >= 11 is 0. The number of aryl methyl sites for hydroxylation is 2. The van der Waals surface area contributed by atoms with Crippen molar-refractivity contribution in [1.29, 1.82) is 0 Å². The van der Waals surface area contributed by atoms with Gasteiger partial charge in [0.1, 0.15) is 5.82 Å². The number of imidazole rings is 1. The first kappa shape index (κ1) is 34.2. The zero-order chi connectivity index (χ0) is 38.9. The second-order valence-electron chi connectivity index (χ2n) is 15.3. The number of rotatable bonds is 7. The zero-order valence-corrected chi connectivity index (χ0v) is 32.7. The van der Waals surface area contributed by atoms with Gasteiger partial charge >= 0.3 is 0 Å². The Morgan fingerprint density at radius 1 is 0.448 bits per heavy atom. The third-order valence-electron chi connectivity index (χ3n) is 12.0. The van der Waals surface area contributed by atoms with Crippen LogP contribution < -0.4 is 0 Å². The molecule has 0 amide bonds. The maximum atomic E-state index is 5.23.